The molecule has 0 aromatic heterocycles. The van der Waals surface area contributed by atoms with Gasteiger partial charge in [-0.25, -0.2) is 13.1 Å². The Morgan fingerprint density at radius 1 is 0.885 bits per heavy atom. The Labute approximate surface area is 140 Å². The first-order valence-electron chi connectivity index (χ1n) is 6.44. The smallest absolute Gasteiger partial charge is 0.395 e. The summed E-state index contributed by atoms with van der Waals surface area (Å²) in [5.41, 5.74) is -1.28. The molecule has 0 aliphatic heterocycles. The van der Waals surface area contributed by atoms with E-state index in [0.717, 1.165) is 4.72 Å². The highest BCUT2D eigenvalue weighted by atomic mass is 32.2. The first kappa shape index (κ1) is 22.5. The zero-order valence-corrected chi connectivity index (χ0v) is 13.1. The minimum atomic E-state index is -5.94. The van der Waals surface area contributed by atoms with Crippen LogP contribution in [-0.4, -0.2) is 38.5 Å². The monoisotopic (exact) mass is 419 g/mol. The molecule has 0 saturated heterocycles. The van der Waals surface area contributed by atoms with Crippen molar-refractivity contribution in [2.24, 2.45) is 5.92 Å². The molecule has 0 spiro atoms. The van der Waals surface area contributed by atoms with E-state index < -0.39 is 57.6 Å². The molecule has 150 valence electrons. The van der Waals surface area contributed by atoms with Crippen LogP contribution in [0.15, 0.2) is 29.2 Å². The van der Waals surface area contributed by atoms with Crippen LogP contribution in [0.3, 0.4) is 0 Å². The molecule has 0 amide bonds. The molecule has 1 rings (SSSR count). The average Bonchev–Trinajstić information content (AvgIpc) is 2.42. The summed E-state index contributed by atoms with van der Waals surface area (Å²) in [5, 5.41) is 8.81. The fraction of sp³-hybridized carbons (Fsp3) is 0.500. The van der Waals surface area contributed by atoms with E-state index in [1.165, 1.54) is 0 Å². The van der Waals surface area contributed by atoms with Gasteiger partial charge in [-0.2, -0.15) is 39.5 Å². The van der Waals surface area contributed by atoms with Crippen molar-refractivity contribution in [3.05, 3.63) is 29.8 Å². The molecule has 0 fully saturated rings. The summed E-state index contributed by atoms with van der Waals surface area (Å²) in [6, 6.07) is -1.74. The van der Waals surface area contributed by atoms with Crippen LogP contribution < -0.4 is 4.72 Å². The Morgan fingerprint density at radius 2 is 1.31 bits per heavy atom. The van der Waals surface area contributed by atoms with Crippen LogP contribution in [0.4, 0.5) is 39.5 Å². The van der Waals surface area contributed by atoms with Crippen molar-refractivity contribution < 1.29 is 53.0 Å². The van der Waals surface area contributed by atoms with Gasteiger partial charge in [0.25, 0.3) is 0 Å². The topological polar surface area (TPSA) is 66.4 Å². The Hall–Kier alpha value is -1.54. The standard InChI is InChI=1S/C12H10F9NO3S/c13-10(14,15)6-1-3-7(4-2-6)26(24,25)22-8(5-23)9(11(16,17)18)12(19,20)21/h1-4,8-9,22-23H,5H2. The number of halogens is 9. The molecule has 4 nitrogen and oxygen atoms in total. The van der Waals surface area contributed by atoms with E-state index in [2.05, 4.69) is 0 Å². The maximum Gasteiger partial charge on any atom is 0.416 e. The van der Waals surface area contributed by atoms with Gasteiger partial charge in [0.15, 0.2) is 5.92 Å². The quantitative estimate of drug-likeness (QED) is 0.722. The summed E-state index contributed by atoms with van der Waals surface area (Å²) in [5.74, 6) is -4.22. The van der Waals surface area contributed by atoms with Crippen molar-refractivity contribution in [2.75, 3.05) is 6.61 Å². The third kappa shape index (κ3) is 5.48. The van der Waals surface area contributed by atoms with Crippen LogP contribution in [-0.2, 0) is 16.2 Å². The van der Waals surface area contributed by atoms with Crippen molar-refractivity contribution in [3.63, 3.8) is 0 Å². The predicted octanol–water partition coefficient (Wildman–Crippen LogP) is 3.09. The second-order valence-corrected chi connectivity index (χ2v) is 6.71. The lowest BCUT2D eigenvalue weighted by Crippen LogP contribution is -2.54. The Morgan fingerprint density at radius 3 is 1.62 bits per heavy atom. The normalized spacial score (nSPS) is 15.3. The molecule has 0 aliphatic carbocycles. The predicted molar refractivity (Wildman–Crippen MR) is 68.2 cm³/mol. The van der Waals surface area contributed by atoms with E-state index in [-0.39, 0.29) is 12.1 Å². The minimum absolute atomic E-state index is 0.285. The third-order valence-corrected chi connectivity index (χ3v) is 4.61. The van der Waals surface area contributed by atoms with E-state index in [1.54, 1.807) is 0 Å². The largest absolute Gasteiger partial charge is 0.416 e. The fourth-order valence-electron chi connectivity index (χ4n) is 1.94. The van der Waals surface area contributed by atoms with Crippen LogP contribution in [0.1, 0.15) is 5.56 Å². The van der Waals surface area contributed by atoms with Crippen molar-refractivity contribution in [2.45, 2.75) is 29.5 Å². The Kier molecular flexibility index (Phi) is 6.26. The molecular weight excluding hydrogens is 409 g/mol. The highest BCUT2D eigenvalue weighted by Gasteiger charge is 2.60. The van der Waals surface area contributed by atoms with Crippen LogP contribution in [0.25, 0.3) is 0 Å². The lowest BCUT2D eigenvalue weighted by atomic mass is 10.00. The van der Waals surface area contributed by atoms with Crippen molar-refractivity contribution in [3.8, 4) is 0 Å². The Bertz CT molecular complexity index is 693. The molecule has 0 saturated carbocycles. The second kappa shape index (κ2) is 7.23. The molecule has 0 heterocycles. The zero-order valence-electron chi connectivity index (χ0n) is 12.2. The molecule has 0 aliphatic rings. The maximum atomic E-state index is 12.6. The average molecular weight is 419 g/mol. The zero-order chi connectivity index (χ0) is 20.6. The van der Waals surface area contributed by atoms with Gasteiger partial charge in [0, 0.05) is 0 Å². The van der Waals surface area contributed by atoms with Gasteiger partial charge in [0.2, 0.25) is 10.0 Å². The van der Waals surface area contributed by atoms with E-state index in [0.29, 0.717) is 12.1 Å². The molecule has 1 unspecified atom stereocenters. The number of hydrogen-bond acceptors (Lipinski definition) is 3. The molecule has 0 bridgehead atoms. The summed E-state index contributed by atoms with van der Waals surface area (Å²) in [6.45, 7) is -1.86. The minimum Gasteiger partial charge on any atom is -0.395 e. The summed E-state index contributed by atoms with van der Waals surface area (Å²) in [4.78, 5) is -1.01. The first-order valence-corrected chi connectivity index (χ1v) is 7.92. The van der Waals surface area contributed by atoms with Gasteiger partial charge in [0.05, 0.1) is 23.1 Å². The summed E-state index contributed by atoms with van der Waals surface area (Å²) in [6.07, 6.45) is -16.7. The van der Waals surface area contributed by atoms with Gasteiger partial charge in [-0.15, -0.1) is 0 Å². The van der Waals surface area contributed by atoms with Gasteiger partial charge in [0.1, 0.15) is 0 Å². The number of rotatable bonds is 5. The summed E-state index contributed by atoms with van der Waals surface area (Å²) >= 11 is 0. The molecule has 1 atom stereocenters. The molecule has 14 heteroatoms. The SMILES string of the molecule is O=S(=O)(NC(CO)C(C(F)(F)F)C(F)(F)F)c1ccc(C(F)(F)F)cc1. The molecule has 1 aromatic rings. The van der Waals surface area contributed by atoms with Crippen molar-refractivity contribution in [1.29, 1.82) is 0 Å². The molecule has 26 heavy (non-hydrogen) atoms. The number of nitrogens with one attached hydrogen (secondary N) is 1. The van der Waals surface area contributed by atoms with Gasteiger partial charge < -0.3 is 5.11 Å². The summed E-state index contributed by atoms with van der Waals surface area (Å²) < 4.78 is 138. The number of benzene rings is 1. The van der Waals surface area contributed by atoms with Crippen LogP contribution in [0.5, 0.6) is 0 Å². The lowest BCUT2D eigenvalue weighted by molar-refractivity contribution is -0.292. The number of aliphatic hydroxyl groups is 1. The van der Waals surface area contributed by atoms with E-state index in [4.69, 9.17) is 5.11 Å². The van der Waals surface area contributed by atoms with E-state index in [9.17, 15) is 47.9 Å². The van der Waals surface area contributed by atoms with Gasteiger partial charge in [-0.3, -0.25) is 0 Å². The van der Waals surface area contributed by atoms with Crippen LogP contribution >= 0.6 is 0 Å². The van der Waals surface area contributed by atoms with Crippen LogP contribution in [0.2, 0.25) is 0 Å². The number of sulfonamides is 1. The molecule has 2 N–H and O–H groups in total. The van der Waals surface area contributed by atoms with Gasteiger partial charge in [-0.05, 0) is 24.3 Å². The first-order chi connectivity index (χ1) is 11.5. The van der Waals surface area contributed by atoms with Gasteiger partial charge >= 0.3 is 18.5 Å². The highest BCUT2D eigenvalue weighted by Crippen LogP contribution is 2.41. The fourth-order valence-corrected chi connectivity index (χ4v) is 3.18. The van der Waals surface area contributed by atoms with Crippen molar-refractivity contribution >= 4 is 10.0 Å². The van der Waals surface area contributed by atoms with E-state index in [1.807, 2.05) is 0 Å². The number of hydrogen-bond donors (Lipinski definition) is 2. The number of aliphatic hydroxyl groups excluding tert-OH is 1. The second-order valence-electron chi connectivity index (χ2n) is 4.99. The third-order valence-electron chi connectivity index (χ3n) is 3.10. The summed E-state index contributed by atoms with van der Waals surface area (Å²) in [7, 11) is -5.08. The molecule has 1 aromatic carbocycles. The van der Waals surface area contributed by atoms with Crippen molar-refractivity contribution in [1.82, 2.24) is 4.72 Å². The molecular formula is C12H10F9NO3S. The number of alkyl halides is 9. The van der Waals surface area contributed by atoms with Gasteiger partial charge in [-0.1, -0.05) is 0 Å². The molecule has 0 radical (unpaired) electrons. The highest BCUT2D eigenvalue weighted by molar-refractivity contribution is 7.89. The lowest BCUT2D eigenvalue weighted by Gasteiger charge is -2.29. The van der Waals surface area contributed by atoms with Crippen LogP contribution in [0, 0.1) is 5.92 Å². The maximum absolute atomic E-state index is 12.6. The Balaban J connectivity index is 3.20. The van der Waals surface area contributed by atoms with E-state index >= 15 is 0 Å².